The van der Waals surface area contributed by atoms with Crippen molar-refractivity contribution in [3.8, 4) is 11.3 Å². The molecule has 19 heavy (non-hydrogen) atoms. The molecule has 0 fully saturated rings. The minimum Gasteiger partial charge on any atom is -0.383 e. The number of anilines is 2. The van der Waals surface area contributed by atoms with Crippen LogP contribution in [0.1, 0.15) is 17.8 Å². The van der Waals surface area contributed by atoms with E-state index >= 15 is 0 Å². The summed E-state index contributed by atoms with van der Waals surface area (Å²) >= 11 is 0. The van der Waals surface area contributed by atoms with Gasteiger partial charge in [0.2, 0.25) is 0 Å². The van der Waals surface area contributed by atoms with Gasteiger partial charge < -0.3 is 15.2 Å². The summed E-state index contributed by atoms with van der Waals surface area (Å²) in [6.07, 6.45) is 2.35. The third-order valence-electron chi connectivity index (χ3n) is 4.07. The zero-order valence-corrected chi connectivity index (χ0v) is 11.8. The molecule has 0 saturated carbocycles. The molecular formula is C15H20N4. The average molecular weight is 256 g/mol. The fourth-order valence-electron chi connectivity index (χ4n) is 2.77. The van der Waals surface area contributed by atoms with Crippen LogP contribution in [-0.4, -0.2) is 23.1 Å². The normalized spacial score (nSPS) is 14.6. The topological polar surface area (TPSA) is 47.1 Å². The predicted molar refractivity (Wildman–Crippen MR) is 79.4 cm³/mol. The molecule has 0 bridgehead atoms. The number of aryl methyl sites for hydroxylation is 2. The summed E-state index contributed by atoms with van der Waals surface area (Å²) < 4.78 is 1.93. The largest absolute Gasteiger partial charge is 0.383 e. The molecule has 1 aliphatic heterocycles. The lowest BCUT2D eigenvalue weighted by Crippen LogP contribution is -2.24. The Balaban J connectivity index is 2.09. The molecule has 4 heteroatoms. The van der Waals surface area contributed by atoms with Crippen LogP contribution in [0.25, 0.3) is 11.3 Å². The van der Waals surface area contributed by atoms with E-state index in [1.54, 1.807) is 0 Å². The smallest absolute Gasteiger partial charge is 0.131 e. The zero-order chi connectivity index (χ0) is 13.6. The molecule has 2 heterocycles. The first kappa shape index (κ1) is 12.1. The van der Waals surface area contributed by atoms with E-state index in [4.69, 9.17) is 5.73 Å². The average Bonchev–Trinajstić information content (AvgIpc) is 2.66. The summed E-state index contributed by atoms with van der Waals surface area (Å²) in [5.41, 5.74) is 10.9. The summed E-state index contributed by atoms with van der Waals surface area (Å²) in [6.45, 7) is 3.11. The number of hydrogen-bond donors (Lipinski definition) is 1. The fraction of sp³-hybridized carbons (Fsp3) is 0.400. The summed E-state index contributed by atoms with van der Waals surface area (Å²) in [5, 5.41) is 0. The molecule has 3 rings (SSSR count). The number of nitrogen functional groups attached to an aromatic ring is 1. The second kappa shape index (κ2) is 4.30. The molecule has 1 aliphatic rings. The number of aromatic nitrogens is 2. The molecule has 1 aromatic heterocycles. The Morgan fingerprint density at radius 1 is 1.26 bits per heavy atom. The van der Waals surface area contributed by atoms with E-state index in [0.717, 1.165) is 35.9 Å². The van der Waals surface area contributed by atoms with E-state index in [0.29, 0.717) is 0 Å². The van der Waals surface area contributed by atoms with Gasteiger partial charge in [0, 0.05) is 31.9 Å². The van der Waals surface area contributed by atoms with Crippen LogP contribution in [0.2, 0.25) is 0 Å². The van der Waals surface area contributed by atoms with Gasteiger partial charge in [-0.15, -0.1) is 0 Å². The van der Waals surface area contributed by atoms with Crippen molar-refractivity contribution in [2.24, 2.45) is 7.05 Å². The first-order valence-electron chi connectivity index (χ1n) is 6.71. The van der Waals surface area contributed by atoms with E-state index in [9.17, 15) is 0 Å². The van der Waals surface area contributed by atoms with Gasteiger partial charge in [0.1, 0.15) is 17.3 Å². The molecule has 2 aromatic rings. The molecule has 0 aliphatic carbocycles. The Morgan fingerprint density at radius 2 is 2.05 bits per heavy atom. The maximum Gasteiger partial charge on any atom is 0.131 e. The summed E-state index contributed by atoms with van der Waals surface area (Å²) in [6, 6.07) is 6.55. The molecular weight excluding hydrogens is 236 g/mol. The van der Waals surface area contributed by atoms with Crippen LogP contribution in [-0.2, 0) is 13.5 Å². The van der Waals surface area contributed by atoms with Gasteiger partial charge in [-0.3, -0.25) is 0 Å². The fourth-order valence-corrected chi connectivity index (χ4v) is 2.77. The molecule has 4 nitrogen and oxygen atoms in total. The van der Waals surface area contributed by atoms with Crippen molar-refractivity contribution in [2.45, 2.75) is 19.8 Å². The maximum absolute atomic E-state index is 6.13. The van der Waals surface area contributed by atoms with Crippen LogP contribution < -0.4 is 10.6 Å². The Labute approximate surface area is 113 Å². The predicted octanol–water partition coefficient (Wildman–Crippen LogP) is 2.36. The highest BCUT2D eigenvalue weighted by atomic mass is 15.1. The minimum atomic E-state index is 0.738. The molecule has 100 valence electrons. The third kappa shape index (κ3) is 1.87. The van der Waals surface area contributed by atoms with Crippen LogP contribution in [0.15, 0.2) is 18.2 Å². The van der Waals surface area contributed by atoms with Gasteiger partial charge in [-0.25, -0.2) is 4.98 Å². The van der Waals surface area contributed by atoms with E-state index in [-0.39, 0.29) is 0 Å². The lowest BCUT2D eigenvalue weighted by Gasteiger charge is -2.27. The molecule has 0 atom stereocenters. The number of nitrogens with two attached hydrogens (primary N) is 1. The molecule has 0 spiro atoms. The molecule has 0 unspecified atom stereocenters. The monoisotopic (exact) mass is 256 g/mol. The second-order valence-electron chi connectivity index (χ2n) is 5.32. The molecule has 2 N–H and O–H groups in total. The van der Waals surface area contributed by atoms with Gasteiger partial charge in [-0.1, -0.05) is 6.07 Å². The van der Waals surface area contributed by atoms with E-state index in [2.05, 4.69) is 35.1 Å². The van der Waals surface area contributed by atoms with Gasteiger partial charge in [-0.2, -0.15) is 0 Å². The number of fused-ring (bicyclic) bond motifs is 1. The van der Waals surface area contributed by atoms with Crippen molar-refractivity contribution in [2.75, 3.05) is 24.2 Å². The SMILES string of the molecule is Cc1nc(-c2ccc3c(c2)CCCN3C)c(N)n1C. The van der Waals surface area contributed by atoms with Crippen molar-refractivity contribution >= 4 is 11.5 Å². The Bertz CT molecular complexity index is 627. The second-order valence-corrected chi connectivity index (χ2v) is 5.32. The highest BCUT2D eigenvalue weighted by Crippen LogP contribution is 2.32. The van der Waals surface area contributed by atoms with Gasteiger partial charge in [0.25, 0.3) is 0 Å². The van der Waals surface area contributed by atoms with E-state index in [1.807, 2.05) is 18.5 Å². The minimum absolute atomic E-state index is 0.738. The van der Waals surface area contributed by atoms with Crippen LogP contribution in [0.5, 0.6) is 0 Å². The van der Waals surface area contributed by atoms with Crippen LogP contribution >= 0.6 is 0 Å². The van der Waals surface area contributed by atoms with E-state index < -0.39 is 0 Å². The zero-order valence-electron chi connectivity index (χ0n) is 11.8. The van der Waals surface area contributed by atoms with Crippen molar-refractivity contribution in [3.63, 3.8) is 0 Å². The summed E-state index contributed by atoms with van der Waals surface area (Å²) in [7, 11) is 4.10. The summed E-state index contributed by atoms with van der Waals surface area (Å²) in [4.78, 5) is 6.89. The molecule has 1 aromatic carbocycles. The highest BCUT2D eigenvalue weighted by molar-refractivity contribution is 5.74. The van der Waals surface area contributed by atoms with Gasteiger partial charge >= 0.3 is 0 Å². The first-order valence-corrected chi connectivity index (χ1v) is 6.71. The van der Waals surface area contributed by atoms with Crippen molar-refractivity contribution < 1.29 is 0 Å². The summed E-state index contributed by atoms with van der Waals surface area (Å²) in [5.74, 6) is 1.68. The van der Waals surface area contributed by atoms with Crippen LogP contribution in [0.3, 0.4) is 0 Å². The Hall–Kier alpha value is -1.97. The van der Waals surface area contributed by atoms with E-state index in [1.165, 1.54) is 17.7 Å². The first-order chi connectivity index (χ1) is 9.08. The van der Waals surface area contributed by atoms with Crippen LogP contribution in [0, 0.1) is 6.92 Å². The molecule has 0 amide bonds. The van der Waals surface area contributed by atoms with Gasteiger partial charge in [0.15, 0.2) is 0 Å². The number of hydrogen-bond acceptors (Lipinski definition) is 3. The lowest BCUT2D eigenvalue weighted by atomic mass is 9.98. The number of benzene rings is 1. The van der Waals surface area contributed by atoms with Crippen LogP contribution in [0.4, 0.5) is 11.5 Å². The molecule has 0 saturated heterocycles. The number of nitrogens with zero attached hydrogens (tertiary/aromatic N) is 3. The quantitative estimate of drug-likeness (QED) is 0.852. The lowest BCUT2D eigenvalue weighted by molar-refractivity contribution is 0.745. The van der Waals surface area contributed by atoms with Crippen molar-refractivity contribution in [3.05, 3.63) is 29.6 Å². The van der Waals surface area contributed by atoms with Gasteiger partial charge in [0.05, 0.1) is 0 Å². The Morgan fingerprint density at radius 3 is 2.74 bits per heavy atom. The maximum atomic E-state index is 6.13. The molecule has 0 radical (unpaired) electrons. The highest BCUT2D eigenvalue weighted by Gasteiger charge is 2.17. The van der Waals surface area contributed by atoms with Gasteiger partial charge in [-0.05, 0) is 37.5 Å². The van der Waals surface area contributed by atoms with Crippen molar-refractivity contribution in [1.29, 1.82) is 0 Å². The standard InChI is InChI=1S/C15H20N4/c1-10-17-14(15(16)19(10)3)12-6-7-13-11(9-12)5-4-8-18(13)2/h6-7,9H,4-5,8,16H2,1-3H3. The Kier molecular flexibility index (Phi) is 2.73. The van der Waals surface area contributed by atoms with Crippen molar-refractivity contribution in [1.82, 2.24) is 9.55 Å². The third-order valence-corrected chi connectivity index (χ3v) is 4.07. The number of imidazole rings is 1. The number of rotatable bonds is 1.